The zero-order valence-corrected chi connectivity index (χ0v) is 30.0. The van der Waals surface area contributed by atoms with E-state index in [1.54, 1.807) is 21.0 Å². The van der Waals surface area contributed by atoms with Gasteiger partial charge in [-0.15, -0.1) is 0 Å². The van der Waals surface area contributed by atoms with Gasteiger partial charge in [0.25, 0.3) is 5.79 Å². The molecular weight excluding hydrogens is 672 g/mol. The Bertz CT molecular complexity index is 1850. The van der Waals surface area contributed by atoms with Crippen LogP contribution in [0.25, 0.3) is 10.8 Å². The van der Waals surface area contributed by atoms with Crippen molar-refractivity contribution in [3.05, 3.63) is 28.3 Å². The van der Waals surface area contributed by atoms with Crippen LogP contribution < -0.4 is 9.47 Å². The number of phenolic OH excluding ortho intramolecular Hbond substituents is 1. The second-order valence-corrected chi connectivity index (χ2v) is 15.0. The number of carbonyl (C=O) groups is 2. The van der Waals surface area contributed by atoms with Gasteiger partial charge in [0, 0.05) is 50.5 Å². The lowest BCUT2D eigenvalue weighted by atomic mass is 9.77. The molecule has 1 aliphatic carbocycles. The predicted molar refractivity (Wildman–Crippen MR) is 172 cm³/mol. The van der Waals surface area contributed by atoms with Crippen molar-refractivity contribution >= 4 is 22.5 Å². The van der Waals surface area contributed by atoms with Crippen LogP contribution in [0.4, 0.5) is 0 Å². The minimum absolute atomic E-state index is 0.128. The van der Waals surface area contributed by atoms with Crippen molar-refractivity contribution in [2.24, 2.45) is 0 Å². The number of benzene rings is 2. The summed E-state index contributed by atoms with van der Waals surface area (Å²) < 4.78 is 62.2. The third-order valence-electron chi connectivity index (χ3n) is 11.7. The van der Waals surface area contributed by atoms with E-state index in [1.165, 1.54) is 28.1 Å². The Morgan fingerprint density at radius 1 is 1.12 bits per heavy atom. The summed E-state index contributed by atoms with van der Waals surface area (Å²) in [5, 5.41) is 35.3. The van der Waals surface area contributed by atoms with Crippen molar-refractivity contribution in [2.75, 3.05) is 27.9 Å². The summed E-state index contributed by atoms with van der Waals surface area (Å²) in [5.41, 5.74) is -1.46. The molecule has 8 unspecified atom stereocenters. The summed E-state index contributed by atoms with van der Waals surface area (Å²) in [6.45, 7) is 9.92. The first-order valence-electron chi connectivity index (χ1n) is 17.1. The number of ketones is 1. The van der Waals surface area contributed by atoms with Gasteiger partial charge in [0.05, 0.1) is 36.9 Å². The third-order valence-corrected chi connectivity index (χ3v) is 11.7. The fourth-order valence-corrected chi connectivity index (χ4v) is 9.63. The smallest absolute Gasteiger partial charge is 0.303 e. The Kier molecular flexibility index (Phi) is 7.51. The molecule has 2 bridgehead atoms. The van der Waals surface area contributed by atoms with E-state index in [0.29, 0.717) is 10.9 Å². The highest BCUT2D eigenvalue weighted by Crippen LogP contribution is 2.72. The van der Waals surface area contributed by atoms with Crippen molar-refractivity contribution in [3.8, 4) is 17.2 Å². The van der Waals surface area contributed by atoms with Crippen molar-refractivity contribution in [1.82, 2.24) is 0 Å². The van der Waals surface area contributed by atoms with Gasteiger partial charge in [-0.3, -0.25) is 9.59 Å². The Morgan fingerprint density at radius 2 is 1.82 bits per heavy atom. The van der Waals surface area contributed by atoms with Crippen molar-refractivity contribution < 1.29 is 72.3 Å². The van der Waals surface area contributed by atoms with E-state index in [9.17, 15) is 24.9 Å². The maximum Gasteiger partial charge on any atom is 0.303 e. The number of aromatic hydroxyl groups is 1. The average Bonchev–Trinajstić information content (AvgIpc) is 3.71. The van der Waals surface area contributed by atoms with Gasteiger partial charge < -0.3 is 62.7 Å². The van der Waals surface area contributed by atoms with Crippen LogP contribution >= 0.6 is 0 Å². The highest BCUT2D eigenvalue weighted by Gasteiger charge is 2.92. The molecule has 4 fully saturated rings. The molecule has 0 aromatic heterocycles. The number of hydrogen-bond donors (Lipinski definition) is 3. The number of epoxide rings is 1. The topological polar surface area (TPSA) is 190 Å². The first kappa shape index (κ1) is 34.9. The lowest BCUT2D eigenvalue weighted by molar-refractivity contribution is -0.341. The molecule has 51 heavy (non-hydrogen) atoms. The minimum atomic E-state index is -1.57. The molecule has 3 N–H and O–H groups in total. The molecule has 15 heteroatoms. The van der Waals surface area contributed by atoms with E-state index in [4.69, 9.17) is 47.4 Å². The van der Waals surface area contributed by atoms with Crippen LogP contribution in [0.5, 0.6) is 17.2 Å². The van der Waals surface area contributed by atoms with Gasteiger partial charge in [0.1, 0.15) is 41.2 Å². The quantitative estimate of drug-likeness (QED) is 0.280. The summed E-state index contributed by atoms with van der Waals surface area (Å²) in [6.07, 6.45) is -6.76. The van der Waals surface area contributed by atoms with Crippen molar-refractivity contribution in [1.29, 1.82) is 0 Å². The van der Waals surface area contributed by atoms with Crippen LogP contribution in [-0.4, -0.2) is 114 Å². The van der Waals surface area contributed by atoms with Gasteiger partial charge in [0.2, 0.25) is 11.4 Å². The number of aryl methyl sites for hydroxylation is 1. The number of ether oxygens (including phenoxy) is 10. The van der Waals surface area contributed by atoms with Crippen LogP contribution in [0.2, 0.25) is 0 Å². The first-order chi connectivity index (χ1) is 23.9. The third kappa shape index (κ3) is 4.32. The highest BCUT2D eigenvalue weighted by atomic mass is 16.9. The number of aliphatic hydroxyl groups excluding tert-OH is 1. The molecule has 0 saturated carbocycles. The summed E-state index contributed by atoms with van der Waals surface area (Å²) in [4.78, 5) is 25.6. The Hall–Kier alpha value is -3.12. The Morgan fingerprint density at radius 3 is 2.41 bits per heavy atom. The van der Waals surface area contributed by atoms with E-state index in [1.807, 2.05) is 19.9 Å². The van der Waals surface area contributed by atoms with Gasteiger partial charge >= 0.3 is 5.97 Å². The van der Waals surface area contributed by atoms with E-state index in [0.717, 1.165) is 5.56 Å². The molecule has 4 saturated heterocycles. The van der Waals surface area contributed by atoms with Crippen LogP contribution in [-0.2, 0) is 42.7 Å². The van der Waals surface area contributed by atoms with E-state index >= 15 is 0 Å². The van der Waals surface area contributed by atoms with E-state index < -0.39 is 88.8 Å². The number of esters is 1. The monoisotopic (exact) mass is 716 g/mol. The molecule has 0 radical (unpaired) electrons. The van der Waals surface area contributed by atoms with Crippen LogP contribution in [0.3, 0.4) is 0 Å². The molecule has 0 amide bonds. The fourth-order valence-electron chi connectivity index (χ4n) is 9.63. The fraction of sp³-hybridized carbons (Fsp3) is 0.667. The van der Waals surface area contributed by atoms with E-state index in [-0.39, 0.29) is 47.5 Å². The highest BCUT2D eigenvalue weighted by molar-refractivity contribution is 6.13. The molecule has 278 valence electrons. The molecule has 1 spiro atoms. The molecular formula is C36H44O15. The Labute approximate surface area is 293 Å². The Balaban J connectivity index is 1.28. The SMILES string of the molecule is COc1c2c(c(O)c3c4c(c(C)cc13)C1O[C@]3(C(C)OC)OC1C(OC)(O4)C31CO1)C(=O)[C@@H](O)C[C@@H]2O[C@@]1(C)CC(C)(O)C(OC(C)=O)C(C)O1. The van der Waals surface area contributed by atoms with Gasteiger partial charge in [-0.25, -0.2) is 0 Å². The summed E-state index contributed by atoms with van der Waals surface area (Å²) in [6, 6.07) is 1.81. The van der Waals surface area contributed by atoms with E-state index in [2.05, 4.69) is 0 Å². The van der Waals surface area contributed by atoms with Crippen LogP contribution in [0.1, 0.15) is 86.7 Å². The zero-order valence-electron chi connectivity index (χ0n) is 30.0. The van der Waals surface area contributed by atoms with Gasteiger partial charge in [-0.05, 0) is 46.2 Å². The number of fused-ring (bicyclic) bond motifs is 8. The summed E-state index contributed by atoms with van der Waals surface area (Å²) >= 11 is 0. The second-order valence-electron chi connectivity index (χ2n) is 15.0. The summed E-state index contributed by atoms with van der Waals surface area (Å²) in [5.74, 6) is -5.70. The number of aliphatic hydroxyl groups is 2. The molecule has 2 aromatic carbocycles. The minimum Gasteiger partial charge on any atom is -0.506 e. The average molecular weight is 717 g/mol. The van der Waals surface area contributed by atoms with Crippen molar-refractivity contribution in [2.45, 2.75) is 126 Å². The molecule has 6 aliphatic rings. The van der Waals surface area contributed by atoms with Gasteiger partial charge in [-0.1, -0.05) is 0 Å². The number of carbonyl (C=O) groups excluding carboxylic acids is 2. The molecule has 15 nitrogen and oxygen atoms in total. The molecule has 12 atom stereocenters. The lowest BCUT2D eigenvalue weighted by Gasteiger charge is -2.50. The zero-order chi connectivity index (χ0) is 36.8. The first-order valence-corrected chi connectivity index (χ1v) is 17.1. The maximum atomic E-state index is 13.9. The van der Waals surface area contributed by atoms with Gasteiger partial charge in [0.15, 0.2) is 23.8 Å². The molecule has 2 aromatic rings. The largest absolute Gasteiger partial charge is 0.506 e. The maximum absolute atomic E-state index is 13.9. The lowest BCUT2D eigenvalue weighted by Crippen LogP contribution is -2.69. The molecule has 5 heterocycles. The molecule has 5 aliphatic heterocycles. The normalized spacial score (nSPS) is 42.4. The van der Waals surface area contributed by atoms with Crippen LogP contribution in [0, 0.1) is 6.92 Å². The second kappa shape index (κ2) is 11.0. The number of Topliss-reactive ketones (excluding diaryl/α,β-unsaturated/α-hetero) is 1. The number of hydrogen-bond acceptors (Lipinski definition) is 15. The predicted octanol–water partition coefficient (Wildman–Crippen LogP) is 2.78. The molecule has 8 rings (SSSR count). The van der Waals surface area contributed by atoms with Gasteiger partial charge in [-0.2, -0.15) is 0 Å². The van der Waals surface area contributed by atoms with Crippen molar-refractivity contribution in [3.63, 3.8) is 0 Å². The standard InChI is InChI=1S/C36H44O15/c1-14-10-18-22(28-21(14)29-31-36(44-9,49-28)34(13-45-34)35(50-29,51-31)16(3)42-7)26(40)24-23(27(18)43-8)20(11-19(38)25(24)39)48-33(6)12-32(5,41)30(15(2)47-33)46-17(4)37/h10,15-16,19-20,29-31,38,40-41H,11-13H2,1-9H3/t15?,16?,19-,20-,29?,30?,31?,32?,33-,34?,35+,36?/m0/s1. The van der Waals surface area contributed by atoms with Crippen LogP contribution in [0.15, 0.2) is 6.07 Å². The number of rotatable bonds is 7. The summed E-state index contributed by atoms with van der Waals surface area (Å²) in [7, 11) is 4.48. The number of methoxy groups -OCH3 is 3. The number of phenols is 1.